The van der Waals surface area contributed by atoms with E-state index in [1.807, 2.05) is 49.1 Å². The molecule has 0 unspecified atom stereocenters. The summed E-state index contributed by atoms with van der Waals surface area (Å²) in [5.74, 6) is 1.43. The average Bonchev–Trinajstić information content (AvgIpc) is 3.16. The summed E-state index contributed by atoms with van der Waals surface area (Å²) in [5, 5.41) is 0. The van der Waals surface area contributed by atoms with Gasteiger partial charge in [-0.3, -0.25) is 4.79 Å². The Morgan fingerprint density at radius 3 is 3.00 bits per heavy atom. The molecule has 0 bridgehead atoms. The third-order valence-corrected chi connectivity index (χ3v) is 4.77. The zero-order chi connectivity index (χ0) is 20.1. The van der Waals surface area contributed by atoms with Crippen LogP contribution in [0.25, 0.3) is 0 Å². The molecule has 0 fully saturated rings. The van der Waals surface area contributed by atoms with Crippen molar-refractivity contribution in [3.05, 3.63) is 66.4 Å². The molecule has 0 N–H and O–H groups in total. The molecule has 0 saturated carbocycles. The molecular formula is C22H26N2O4. The van der Waals surface area contributed by atoms with E-state index in [1.165, 1.54) is 6.26 Å². The first-order chi connectivity index (χ1) is 13.5. The third-order valence-electron chi connectivity index (χ3n) is 4.77. The molecule has 148 valence electrons. The molecule has 0 saturated heterocycles. The summed E-state index contributed by atoms with van der Waals surface area (Å²) in [6, 6.07) is 5.75. The standard InChI is InChI=1S/C22H26N2O4/c1-5-7-17-9-6-8-16(3)24(17)22(25)18-13-28-21(23-18)14-27-19-11-10-15(2)12-20(19)26-4/h5-6,8,10-13,16-17H,1,7,9,14H2,2-4H3/t16-,17-/m1/s1. The van der Waals surface area contributed by atoms with Crippen LogP contribution < -0.4 is 9.47 Å². The number of rotatable bonds is 7. The molecule has 1 aromatic heterocycles. The summed E-state index contributed by atoms with van der Waals surface area (Å²) in [6.07, 6.45) is 8.92. The number of methoxy groups -OCH3 is 1. The average molecular weight is 382 g/mol. The lowest BCUT2D eigenvalue weighted by Crippen LogP contribution is -2.47. The van der Waals surface area contributed by atoms with Crippen LogP contribution in [0.1, 0.15) is 41.7 Å². The number of carbonyl (C=O) groups is 1. The quantitative estimate of drug-likeness (QED) is 0.668. The van der Waals surface area contributed by atoms with Crippen LogP contribution in [-0.4, -0.2) is 35.0 Å². The molecular weight excluding hydrogens is 356 g/mol. The number of nitrogens with zero attached hydrogens (tertiary/aromatic N) is 2. The Bertz CT molecular complexity index is 871. The van der Waals surface area contributed by atoms with Gasteiger partial charge in [-0.25, -0.2) is 4.98 Å². The highest BCUT2D eigenvalue weighted by molar-refractivity contribution is 5.92. The first-order valence-corrected chi connectivity index (χ1v) is 9.35. The molecule has 6 heteroatoms. The molecule has 1 aliphatic heterocycles. The van der Waals surface area contributed by atoms with Gasteiger partial charge in [-0.1, -0.05) is 24.3 Å². The Hall–Kier alpha value is -3.02. The summed E-state index contributed by atoms with van der Waals surface area (Å²) in [6.45, 7) is 7.89. The number of aromatic nitrogens is 1. The highest BCUT2D eigenvalue weighted by Crippen LogP contribution is 2.28. The van der Waals surface area contributed by atoms with Gasteiger partial charge in [-0.15, -0.1) is 6.58 Å². The van der Waals surface area contributed by atoms with Gasteiger partial charge in [0, 0.05) is 12.1 Å². The van der Waals surface area contributed by atoms with E-state index in [0.717, 1.165) is 18.4 Å². The zero-order valence-corrected chi connectivity index (χ0v) is 16.6. The maximum atomic E-state index is 13.0. The molecule has 2 aromatic rings. The van der Waals surface area contributed by atoms with Crippen molar-refractivity contribution in [2.24, 2.45) is 0 Å². The van der Waals surface area contributed by atoms with Crippen molar-refractivity contribution >= 4 is 5.91 Å². The van der Waals surface area contributed by atoms with Gasteiger partial charge in [0.15, 0.2) is 23.8 Å². The number of ether oxygens (including phenoxy) is 2. The fraction of sp³-hybridized carbons (Fsp3) is 0.364. The maximum Gasteiger partial charge on any atom is 0.276 e. The van der Waals surface area contributed by atoms with E-state index >= 15 is 0 Å². The van der Waals surface area contributed by atoms with Crippen molar-refractivity contribution in [2.45, 2.75) is 45.4 Å². The number of oxazole rings is 1. The topological polar surface area (TPSA) is 64.8 Å². The molecule has 2 heterocycles. The van der Waals surface area contributed by atoms with E-state index < -0.39 is 0 Å². The largest absolute Gasteiger partial charge is 0.493 e. The van der Waals surface area contributed by atoms with Gasteiger partial charge in [-0.2, -0.15) is 0 Å². The molecule has 0 radical (unpaired) electrons. The number of carbonyl (C=O) groups excluding carboxylic acids is 1. The van der Waals surface area contributed by atoms with Crippen molar-refractivity contribution in [3.8, 4) is 11.5 Å². The zero-order valence-electron chi connectivity index (χ0n) is 16.6. The van der Waals surface area contributed by atoms with E-state index in [0.29, 0.717) is 17.4 Å². The molecule has 0 spiro atoms. The van der Waals surface area contributed by atoms with Crippen LogP contribution in [0.2, 0.25) is 0 Å². The summed E-state index contributed by atoms with van der Waals surface area (Å²) in [4.78, 5) is 19.2. The van der Waals surface area contributed by atoms with Crippen LogP contribution >= 0.6 is 0 Å². The highest BCUT2D eigenvalue weighted by atomic mass is 16.5. The SMILES string of the molecule is C=CC[C@@H]1CC=C[C@@H](C)N1C(=O)c1coc(COc2ccc(C)cc2OC)n1. The van der Waals surface area contributed by atoms with Crippen molar-refractivity contribution in [3.63, 3.8) is 0 Å². The number of benzene rings is 1. The molecule has 1 aromatic carbocycles. The lowest BCUT2D eigenvalue weighted by molar-refractivity contribution is 0.0616. The number of aryl methyl sites for hydroxylation is 1. The first kappa shape index (κ1) is 19.7. The van der Waals surface area contributed by atoms with Crippen molar-refractivity contribution < 1.29 is 18.7 Å². The van der Waals surface area contributed by atoms with Crippen LogP contribution in [-0.2, 0) is 6.61 Å². The predicted octanol–water partition coefficient (Wildman–Crippen LogP) is 4.31. The van der Waals surface area contributed by atoms with Crippen LogP contribution in [0.15, 0.2) is 53.7 Å². The van der Waals surface area contributed by atoms with Gasteiger partial charge in [0.1, 0.15) is 6.26 Å². The van der Waals surface area contributed by atoms with E-state index in [9.17, 15) is 4.79 Å². The van der Waals surface area contributed by atoms with Crippen molar-refractivity contribution in [1.29, 1.82) is 0 Å². The van der Waals surface area contributed by atoms with Gasteiger partial charge in [-0.05, 0) is 44.4 Å². The van der Waals surface area contributed by atoms with Gasteiger partial charge in [0.25, 0.3) is 5.91 Å². The van der Waals surface area contributed by atoms with Crippen LogP contribution in [0, 0.1) is 6.92 Å². The Kier molecular flexibility index (Phi) is 6.19. The minimum absolute atomic E-state index is 0.000537. The fourth-order valence-electron chi connectivity index (χ4n) is 3.37. The van der Waals surface area contributed by atoms with E-state index in [1.54, 1.807) is 7.11 Å². The van der Waals surface area contributed by atoms with Gasteiger partial charge < -0.3 is 18.8 Å². The lowest BCUT2D eigenvalue weighted by Gasteiger charge is -2.36. The molecule has 28 heavy (non-hydrogen) atoms. The molecule has 1 amide bonds. The Labute approximate surface area is 165 Å². The van der Waals surface area contributed by atoms with Gasteiger partial charge >= 0.3 is 0 Å². The Morgan fingerprint density at radius 1 is 1.43 bits per heavy atom. The predicted molar refractivity (Wildman–Crippen MR) is 107 cm³/mol. The van der Waals surface area contributed by atoms with Crippen LogP contribution in [0.3, 0.4) is 0 Å². The second-order valence-electron chi connectivity index (χ2n) is 6.86. The number of amides is 1. The summed E-state index contributed by atoms with van der Waals surface area (Å²) in [7, 11) is 1.59. The van der Waals surface area contributed by atoms with Crippen molar-refractivity contribution in [1.82, 2.24) is 9.88 Å². The molecule has 0 aliphatic carbocycles. The summed E-state index contributed by atoms with van der Waals surface area (Å²) >= 11 is 0. The third kappa shape index (κ3) is 4.27. The second-order valence-corrected chi connectivity index (χ2v) is 6.86. The Balaban J connectivity index is 1.70. The minimum atomic E-state index is -0.147. The smallest absolute Gasteiger partial charge is 0.276 e. The number of hydrogen-bond acceptors (Lipinski definition) is 5. The first-order valence-electron chi connectivity index (χ1n) is 9.35. The molecule has 3 rings (SSSR count). The maximum absolute atomic E-state index is 13.0. The van der Waals surface area contributed by atoms with E-state index in [-0.39, 0.29) is 30.3 Å². The van der Waals surface area contributed by atoms with Crippen molar-refractivity contribution in [2.75, 3.05) is 7.11 Å². The molecule has 1 aliphatic rings. The molecule has 6 nitrogen and oxygen atoms in total. The fourth-order valence-corrected chi connectivity index (χ4v) is 3.37. The van der Waals surface area contributed by atoms with Gasteiger partial charge in [0.2, 0.25) is 5.89 Å². The minimum Gasteiger partial charge on any atom is -0.493 e. The highest BCUT2D eigenvalue weighted by Gasteiger charge is 2.30. The van der Waals surface area contributed by atoms with E-state index in [4.69, 9.17) is 13.9 Å². The lowest BCUT2D eigenvalue weighted by atomic mass is 10.00. The summed E-state index contributed by atoms with van der Waals surface area (Å²) in [5.41, 5.74) is 1.36. The summed E-state index contributed by atoms with van der Waals surface area (Å²) < 4.78 is 16.6. The second kappa shape index (κ2) is 8.78. The Morgan fingerprint density at radius 2 is 2.25 bits per heavy atom. The van der Waals surface area contributed by atoms with E-state index in [2.05, 4.69) is 17.6 Å². The normalized spacial score (nSPS) is 18.8. The number of hydrogen-bond donors (Lipinski definition) is 0. The van der Waals surface area contributed by atoms with Crippen LogP contribution in [0.4, 0.5) is 0 Å². The van der Waals surface area contributed by atoms with Crippen LogP contribution in [0.5, 0.6) is 11.5 Å². The monoisotopic (exact) mass is 382 g/mol. The molecule has 2 atom stereocenters. The van der Waals surface area contributed by atoms with Gasteiger partial charge in [0.05, 0.1) is 7.11 Å².